The molecule has 1 N–H and O–H groups in total. The number of benzene rings is 1. The number of imidazole rings is 1. The number of nitrogens with zero attached hydrogens (tertiary/aromatic N) is 5. The average molecular weight is 348 g/mol. The van der Waals surface area contributed by atoms with Gasteiger partial charge in [0.25, 0.3) is 0 Å². The fourth-order valence-corrected chi connectivity index (χ4v) is 4.11. The van der Waals surface area contributed by atoms with Gasteiger partial charge in [-0.25, -0.2) is 15.0 Å². The Hall–Kier alpha value is -2.47. The van der Waals surface area contributed by atoms with Gasteiger partial charge in [0.15, 0.2) is 0 Å². The van der Waals surface area contributed by atoms with Gasteiger partial charge >= 0.3 is 0 Å². The van der Waals surface area contributed by atoms with Crippen molar-refractivity contribution in [3.63, 3.8) is 0 Å². The van der Waals surface area contributed by atoms with E-state index in [1.54, 1.807) is 6.33 Å². The van der Waals surface area contributed by atoms with Crippen LogP contribution in [0.15, 0.2) is 42.9 Å². The SMILES string of the molecule is c1ccc2[nH]c(CN3CCC(N(c4ccncn4)C4CC4)CC3)nc2c1. The van der Waals surface area contributed by atoms with Gasteiger partial charge < -0.3 is 9.88 Å². The molecule has 3 heterocycles. The van der Waals surface area contributed by atoms with Crippen molar-refractivity contribution in [3.8, 4) is 0 Å². The zero-order chi connectivity index (χ0) is 17.3. The summed E-state index contributed by atoms with van der Waals surface area (Å²) < 4.78 is 0. The first-order valence-electron chi connectivity index (χ1n) is 9.57. The minimum atomic E-state index is 0.587. The number of para-hydroxylation sites is 2. The smallest absolute Gasteiger partial charge is 0.132 e. The van der Waals surface area contributed by atoms with Gasteiger partial charge in [-0.15, -0.1) is 0 Å². The topological polar surface area (TPSA) is 60.9 Å². The van der Waals surface area contributed by atoms with E-state index in [4.69, 9.17) is 4.98 Å². The van der Waals surface area contributed by atoms with E-state index in [1.807, 2.05) is 12.3 Å². The van der Waals surface area contributed by atoms with Gasteiger partial charge in [-0.2, -0.15) is 0 Å². The Balaban J connectivity index is 1.24. The summed E-state index contributed by atoms with van der Waals surface area (Å²) in [7, 11) is 0. The number of hydrogen-bond donors (Lipinski definition) is 1. The lowest BCUT2D eigenvalue weighted by molar-refractivity contribution is 0.197. The van der Waals surface area contributed by atoms with Gasteiger partial charge in [0.05, 0.1) is 17.6 Å². The van der Waals surface area contributed by atoms with E-state index in [-0.39, 0.29) is 0 Å². The maximum absolute atomic E-state index is 4.72. The molecule has 1 saturated heterocycles. The number of aromatic nitrogens is 4. The monoisotopic (exact) mass is 348 g/mol. The Morgan fingerprint density at radius 2 is 1.85 bits per heavy atom. The van der Waals surface area contributed by atoms with E-state index in [2.05, 4.69) is 49.0 Å². The van der Waals surface area contributed by atoms with Crippen molar-refractivity contribution in [1.82, 2.24) is 24.8 Å². The molecule has 1 aromatic carbocycles. The van der Waals surface area contributed by atoms with Gasteiger partial charge in [0.1, 0.15) is 18.0 Å². The Morgan fingerprint density at radius 3 is 2.58 bits per heavy atom. The number of rotatable bonds is 5. The summed E-state index contributed by atoms with van der Waals surface area (Å²) >= 11 is 0. The summed E-state index contributed by atoms with van der Waals surface area (Å²) in [5.74, 6) is 2.16. The highest BCUT2D eigenvalue weighted by atomic mass is 15.3. The molecular weight excluding hydrogens is 324 g/mol. The number of anilines is 1. The Labute approximate surface area is 153 Å². The maximum Gasteiger partial charge on any atom is 0.132 e. The van der Waals surface area contributed by atoms with Crippen molar-refractivity contribution < 1.29 is 0 Å². The van der Waals surface area contributed by atoms with Gasteiger partial charge in [0.2, 0.25) is 0 Å². The maximum atomic E-state index is 4.72. The van der Waals surface area contributed by atoms with Crippen molar-refractivity contribution >= 4 is 16.9 Å². The molecule has 2 aromatic heterocycles. The quantitative estimate of drug-likeness (QED) is 0.768. The van der Waals surface area contributed by atoms with E-state index in [0.29, 0.717) is 12.1 Å². The van der Waals surface area contributed by atoms with Crippen LogP contribution in [-0.4, -0.2) is 50.0 Å². The Kier molecular flexibility index (Phi) is 4.05. The first kappa shape index (κ1) is 15.8. The summed E-state index contributed by atoms with van der Waals surface area (Å²) in [6.45, 7) is 3.12. The first-order chi connectivity index (χ1) is 12.9. The molecule has 1 aliphatic heterocycles. The Morgan fingerprint density at radius 1 is 1.04 bits per heavy atom. The highest BCUT2D eigenvalue weighted by Crippen LogP contribution is 2.35. The minimum absolute atomic E-state index is 0.587. The molecule has 0 radical (unpaired) electrons. The largest absolute Gasteiger partial charge is 0.350 e. The summed E-state index contributed by atoms with van der Waals surface area (Å²) in [4.78, 5) is 21.8. The number of H-pyrrole nitrogens is 1. The number of aromatic amines is 1. The van der Waals surface area contributed by atoms with Crippen LogP contribution in [0.5, 0.6) is 0 Å². The molecule has 1 aliphatic carbocycles. The number of likely N-dealkylation sites (tertiary alicyclic amines) is 1. The molecule has 6 heteroatoms. The van der Waals surface area contributed by atoms with E-state index in [0.717, 1.165) is 42.3 Å². The molecule has 26 heavy (non-hydrogen) atoms. The van der Waals surface area contributed by atoms with Crippen LogP contribution in [0.2, 0.25) is 0 Å². The van der Waals surface area contributed by atoms with Crippen LogP contribution < -0.4 is 4.90 Å². The van der Waals surface area contributed by atoms with Crippen molar-refractivity contribution in [3.05, 3.63) is 48.7 Å². The third-order valence-electron chi connectivity index (χ3n) is 5.53. The van der Waals surface area contributed by atoms with Crippen LogP contribution in [0.4, 0.5) is 5.82 Å². The van der Waals surface area contributed by atoms with Gasteiger partial charge in [-0.05, 0) is 43.9 Å². The van der Waals surface area contributed by atoms with Crippen LogP contribution in [-0.2, 0) is 6.54 Å². The molecule has 0 bridgehead atoms. The lowest BCUT2D eigenvalue weighted by atomic mass is 10.0. The molecule has 3 aromatic rings. The van der Waals surface area contributed by atoms with Crippen molar-refractivity contribution in [1.29, 1.82) is 0 Å². The molecule has 5 rings (SSSR count). The molecule has 0 atom stereocenters. The average Bonchev–Trinajstić information content (AvgIpc) is 3.43. The van der Waals surface area contributed by atoms with Crippen LogP contribution in [0, 0.1) is 0 Å². The lowest BCUT2D eigenvalue weighted by Gasteiger charge is -2.39. The second kappa shape index (κ2) is 6.68. The summed E-state index contributed by atoms with van der Waals surface area (Å²) in [6.07, 6.45) is 8.48. The fourth-order valence-electron chi connectivity index (χ4n) is 4.11. The predicted octanol–water partition coefficient (Wildman–Crippen LogP) is 2.99. The van der Waals surface area contributed by atoms with E-state index in [9.17, 15) is 0 Å². The van der Waals surface area contributed by atoms with E-state index in [1.165, 1.54) is 25.7 Å². The second-order valence-electron chi connectivity index (χ2n) is 7.41. The normalized spacial score (nSPS) is 19.1. The van der Waals surface area contributed by atoms with Crippen molar-refractivity contribution in [2.75, 3.05) is 18.0 Å². The second-order valence-corrected chi connectivity index (χ2v) is 7.41. The standard InChI is InChI=1S/C20H24N6/c1-2-4-18-17(3-1)23-19(24-18)13-25-11-8-16(9-12-25)26(15-5-6-15)20-7-10-21-14-22-20/h1-4,7,10,14-16H,5-6,8-9,11-13H2,(H,23,24). The molecule has 0 unspecified atom stereocenters. The molecule has 0 amide bonds. The summed E-state index contributed by atoms with van der Waals surface area (Å²) in [6, 6.07) is 11.6. The molecule has 2 aliphatic rings. The highest BCUT2D eigenvalue weighted by molar-refractivity contribution is 5.74. The zero-order valence-electron chi connectivity index (χ0n) is 14.9. The van der Waals surface area contributed by atoms with Crippen LogP contribution >= 0.6 is 0 Å². The first-order valence-corrected chi connectivity index (χ1v) is 9.57. The zero-order valence-corrected chi connectivity index (χ0v) is 14.9. The Bertz CT molecular complexity index is 831. The van der Waals surface area contributed by atoms with Crippen LogP contribution in [0.25, 0.3) is 11.0 Å². The van der Waals surface area contributed by atoms with Crippen LogP contribution in [0.3, 0.4) is 0 Å². The molecule has 0 spiro atoms. The number of hydrogen-bond acceptors (Lipinski definition) is 5. The lowest BCUT2D eigenvalue weighted by Crippen LogP contribution is -2.46. The predicted molar refractivity (Wildman–Crippen MR) is 102 cm³/mol. The fraction of sp³-hybridized carbons (Fsp3) is 0.450. The van der Waals surface area contributed by atoms with Crippen molar-refractivity contribution in [2.45, 2.75) is 44.3 Å². The van der Waals surface area contributed by atoms with E-state index >= 15 is 0 Å². The van der Waals surface area contributed by atoms with E-state index < -0.39 is 0 Å². The molecular formula is C20H24N6. The molecule has 6 nitrogen and oxygen atoms in total. The molecule has 2 fully saturated rings. The van der Waals surface area contributed by atoms with Crippen molar-refractivity contribution in [2.24, 2.45) is 0 Å². The third kappa shape index (κ3) is 3.17. The third-order valence-corrected chi connectivity index (χ3v) is 5.53. The van der Waals surface area contributed by atoms with Gasteiger partial charge in [0, 0.05) is 31.4 Å². The molecule has 134 valence electrons. The highest BCUT2D eigenvalue weighted by Gasteiger charge is 2.36. The number of nitrogens with one attached hydrogen (secondary N) is 1. The van der Waals surface area contributed by atoms with Gasteiger partial charge in [-0.1, -0.05) is 12.1 Å². The summed E-state index contributed by atoms with van der Waals surface area (Å²) in [5, 5.41) is 0. The van der Waals surface area contributed by atoms with Crippen LogP contribution in [0.1, 0.15) is 31.5 Å². The minimum Gasteiger partial charge on any atom is -0.350 e. The molecule has 1 saturated carbocycles. The number of fused-ring (bicyclic) bond motifs is 1. The van der Waals surface area contributed by atoms with Gasteiger partial charge in [-0.3, -0.25) is 4.90 Å². The number of piperidine rings is 1. The summed E-state index contributed by atoms with van der Waals surface area (Å²) in [5.41, 5.74) is 2.18.